The number of rotatable bonds is 6. The zero-order valence-electron chi connectivity index (χ0n) is 14.0. The SMILES string of the molecule is CC(O)[C@H](N)C(=O)OC[C@H]1O[C@@H](n2ccc(NO)nc2=O)[C@@H]2OC(=O)O[C@@H]21. The Morgan fingerprint density at radius 1 is 1.44 bits per heavy atom. The minimum atomic E-state index is -1.24. The molecule has 2 aliphatic rings. The molecule has 1 aromatic rings. The van der Waals surface area contributed by atoms with Crippen molar-refractivity contribution < 1.29 is 38.9 Å². The summed E-state index contributed by atoms with van der Waals surface area (Å²) in [4.78, 5) is 38.9. The average molecular weight is 386 g/mol. The molecular formula is C14H18N4O9. The fraction of sp³-hybridized carbons (Fsp3) is 0.571. The topological polar surface area (TPSA) is 184 Å². The van der Waals surface area contributed by atoms with E-state index in [1.807, 2.05) is 0 Å². The molecule has 2 saturated heterocycles. The van der Waals surface area contributed by atoms with Gasteiger partial charge in [-0.25, -0.2) is 9.59 Å². The number of nitrogens with one attached hydrogen (secondary N) is 1. The van der Waals surface area contributed by atoms with E-state index in [9.17, 15) is 19.5 Å². The van der Waals surface area contributed by atoms with Crippen LogP contribution in [0, 0.1) is 0 Å². The Balaban J connectivity index is 1.75. The molecule has 2 aliphatic heterocycles. The molecule has 13 heteroatoms. The van der Waals surface area contributed by atoms with Crippen LogP contribution in [-0.2, 0) is 23.7 Å². The zero-order chi connectivity index (χ0) is 19.7. The second-order valence-electron chi connectivity index (χ2n) is 5.99. The Kier molecular flexibility index (Phi) is 5.27. The molecular weight excluding hydrogens is 368 g/mol. The van der Waals surface area contributed by atoms with Crippen molar-refractivity contribution in [2.75, 3.05) is 12.1 Å². The number of fused-ring (bicyclic) bond motifs is 1. The highest BCUT2D eigenvalue weighted by Crippen LogP contribution is 2.37. The standard InChI is InChI=1S/C14H18N4O9/c1-5(19)8(15)12(20)24-4-6-9-10(27-14(22)26-9)11(25-6)18-3-2-7(17-23)16-13(18)21/h2-3,5-6,8-11,19,23H,4,15H2,1H3,(H,16,17,21)/t5?,6-,8+,9-,10-,11-/m1/s1. The molecule has 6 atom stereocenters. The zero-order valence-corrected chi connectivity index (χ0v) is 14.0. The number of carbonyl (C=O) groups excluding carboxylic acids is 2. The quantitative estimate of drug-likeness (QED) is 0.315. The molecule has 0 spiro atoms. The van der Waals surface area contributed by atoms with E-state index in [2.05, 4.69) is 4.98 Å². The minimum absolute atomic E-state index is 0.0805. The molecule has 3 rings (SSSR count). The number of aromatic nitrogens is 2. The Morgan fingerprint density at radius 3 is 2.78 bits per heavy atom. The number of esters is 1. The molecule has 3 heterocycles. The van der Waals surface area contributed by atoms with Crippen molar-refractivity contribution in [2.24, 2.45) is 5.73 Å². The van der Waals surface area contributed by atoms with Gasteiger partial charge >= 0.3 is 17.8 Å². The summed E-state index contributed by atoms with van der Waals surface area (Å²) >= 11 is 0. The second-order valence-corrected chi connectivity index (χ2v) is 5.99. The highest BCUT2D eigenvalue weighted by Gasteiger charge is 2.55. The van der Waals surface area contributed by atoms with Gasteiger partial charge in [-0.2, -0.15) is 4.98 Å². The summed E-state index contributed by atoms with van der Waals surface area (Å²) in [5.41, 5.74) is 6.44. The van der Waals surface area contributed by atoms with Gasteiger partial charge in [0.25, 0.3) is 0 Å². The molecule has 1 aromatic heterocycles. The molecule has 27 heavy (non-hydrogen) atoms. The van der Waals surface area contributed by atoms with Crippen LogP contribution in [0.3, 0.4) is 0 Å². The van der Waals surface area contributed by atoms with Gasteiger partial charge in [-0.1, -0.05) is 0 Å². The summed E-state index contributed by atoms with van der Waals surface area (Å²) in [5.74, 6) is -0.945. The van der Waals surface area contributed by atoms with Gasteiger partial charge in [-0.05, 0) is 13.0 Å². The fourth-order valence-corrected chi connectivity index (χ4v) is 2.71. The molecule has 0 saturated carbocycles. The lowest BCUT2D eigenvalue weighted by Gasteiger charge is -2.19. The summed E-state index contributed by atoms with van der Waals surface area (Å²) in [5, 5.41) is 18.1. The van der Waals surface area contributed by atoms with Crippen molar-refractivity contribution in [3.63, 3.8) is 0 Å². The monoisotopic (exact) mass is 386 g/mol. The van der Waals surface area contributed by atoms with Crippen LogP contribution in [0.2, 0.25) is 0 Å². The van der Waals surface area contributed by atoms with Crippen molar-refractivity contribution in [2.45, 2.75) is 43.6 Å². The number of nitrogens with zero attached hydrogens (tertiary/aromatic N) is 2. The average Bonchev–Trinajstić information content (AvgIpc) is 3.16. The van der Waals surface area contributed by atoms with Crippen molar-refractivity contribution in [3.05, 3.63) is 22.7 Å². The lowest BCUT2D eigenvalue weighted by Crippen LogP contribution is -2.43. The summed E-state index contributed by atoms with van der Waals surface area (Å²) in [6.45, 7) is 0.993. The van der Waals surface area contributed by atoms with Crippen LogP contribution in [-0.4, -0.2) is 69.1 Å². The van der Waals surface area contributed by atoms with E-state index in [4.69, 9.17) is 29.9 Å². The first kappa shape index (κ1) is 19.0. The molecule has 0 bridgehead atoms. The van der Waals surface area contributed by atoms with Crippen LogP contribution < -0.4 is 16.9 Å². The van der Waals surface area contributed by atoms with Gasteiger partial charge in [0.05, 0.1) is 6.10 Å². The molecule has 0 aromatic carbocycles. The normalized spacial score (nSPS) is 28.7. The largest absolute Gasteiger partial charge is 0.509 e. The number of nitrogens with two attached hydrogens (primary N) is 1. The highest BCUT2D eigenvalue weighted by molar-refractivity contribution is 5.76. The maximum absolute atomic E-state index is 12.1. The third-order valence-corrected chi connectivity index (χ3v) is 4.15. The molecule has 2 fully saturated rings. The van der Waals surface area contributed by atoms with Crippen molar-refractivity contribution in [1.29, 1.82) is 0 Å². The Labute approximate surface area is 151 Å². The summed E-state index contributed by atoms with van der Waals surface area (Å²) < 4.78 is 21.8. The van der Waals surface area contributed by atoms with Crippen LogP contribution in [0.25, 0.3) is 0 Å². The number of aliphatic hydroxyl groups excluding tert-OH is 1. The van der Waals surface area contributed by atoms with Gasteiger partial charge in [-0.15, -0.1) is 0 Å². The van der Waals surface area contributed by atoms with Crippen LogP contribution in [0.5, 0.6) is 0 Å². The molecule has 0 amide bonds. The van der Waals surface area contributed by atoms with Crippen LogP contribution >= 0.6 is 0 Å². The van der Waals surface area contributed by atoms with E-state index >= 15 is 0 Å². The highest BCUT2D eigenvalue weighted by atomic mass is 16.8. The predicted molar refractivity (Wildman–Crippen MR) is 83.6 cm³/mol. The van der Waals surface area contributed by atoms with Gasteiger partial charge in [-0.3, -0.25) is 20.0 Å². The van der Waals surface area contributed by atoms with Crippen LogP contribution in [0.1, 0.15) is 13.2 Å². The van der Waals surface area contributed by atoms with E-state index in [1.165, 1.54) is 19.2 Å². The van der Waals surface area contributed by atoms with Crippen LogP contribution in [0.15, 0.2) is 17.1 Å². The predicted octanol–water partition coefficient (Wildman–Crippen LogP) is -1.90. The first-order valence-electron chi connectivity index (χ1n) is 7.94. The van der Waals surface area contributed by atoms with Crippen molar-refractivity contribution in [3.8, 4) is 0 Å². The third-order valence-electron chi connectivity index (χ3n) is 4.15. The number of aliphatic hydroxyl groups is 1. The third kappa shape index (κ3) is 3.71. The van der Waals surface area contributed by atoms with Gasteiger partial charge in [0.2, 0.25) is 0 Å². The van der Waals surface area contributed by atoms with Crippen molar-refractivity contribution >= 4 is 17.9 Å². The number of anilines is 1. The molecule has 0 radical (unpaired) electrons. The van der Waals surface area contributed by atoms with E-state index < -0.39 is 54.5 Å². The van der Waals surface area contributed by atoms with E-state index in [0.29, 0.717) is 0 Å². The van der Waals surface area contributed by atoms with E-state index in [1.54, 1.807) is 5.48 Å². The number of ether oxygens (including phenoxy) is 4. The lowest BCUT2D eigenvalue weighted by molar-refractivity contribution is -0.154. The fourth-order valence-electron chi connectivity index (χ4n) is 2.71. The molecule has 0 aliphatic carbocycles. The van der Waals surface area contributed by atoms with Gasteiger partial charge in [0.15, 0.2) is 24.3 Å². The maximum Gasteiger partial charge on any atom is 0.509 e. The van der Waals surface area contributed by atoms with Gasteiger partial charge in [0.1, 0.15) is 18.8 Å². The summed E-state index contributed by atoms with van der Waals surface area (Å²) in [6.07, 6.45) is -4.70. The van der Waals surface area contributed by atoms with Gasteiger partial charge < -0.3 is 29.8 Å². The minimum Gasteiger partial charge on any atom is -0.462 e. The smallest absolute Gasteiger partial charge is 0.462 e. The molecule has 1 unspecified atom stereocenters. The van der Waals surface area contributed by atoms with Gasteiger partial charge in [0, 0.05) is 6.20 Å². The van der Waals surface area contributed by atoms with E-state index in [0.717, 1.165) is 4.57 Å². The summed E-state index contributed by atoms with van der Waals surface area (Å²) in [6, 6.07) is 0.0533. The maximum atomic E-state index is 12.1. The first-order valence-corrected chi connectivity index (χ1v) is 7.94. The molecule has 13 nitrogen and oxygen atoms in total. The summed E-state index contributed by atoms with van der Waals surface area (Å²) in [7, 11) is 0. The Morgan fingerprint density at radius 2 is 2.15 bits per heavy atom. The number of hydrogen-bond donors (Lipinski definition) is 4. The van der Waals surface area contributed by atoms with Crippen molar-refractivity contribution in [1.82, 2.24) is 9.55 Å². The lowest BCUT2D eigenvalue weighted by atomic mass is 10.1. The van der Waals surface area contributed by atoms with Crippen LogP contribution in [0.4, 0.5) is 10.6 Å². The number of carbonyl (C=O) groups is 2. The molecule has 148 valence electrons. The Hall–Kier alpha value is -2.74. The first-order chi connectivity index (χ1) is 12.8. The number of hydrogen-bond acceptors (Lipinski definition) is 12. The molecule has 5 N–H and O–H groups in total. The second kappa shape index (κ2) is 7.48. The van der Waals surface area contributed by atoms with E-state index in [-0.39, 0.29) is 12.4 Å². The Bertz CT molecular complexity index is 782.